The molecule has 0 saturated carbocycles. The minimum atomic E-state index is 0.650. The van der Waals surface area contributed by atoms with Crippen molar-refractivity contribution in [1.29, 1.82) is 0 Å². The Bertz CT molecular complexity index is 589. The van der Waals surface area contributed by atoms with Gasteiger partial charge in [0.15, 0.2) is 0 Å². The topological polar surface area (TPSA) is 15.3 Å². The summed E-state index contributed by atoms with van der Waals surface area (Å²) in [7, 11) is 2.02. The number of unbranched alkanes of at least 4 members (excludes halogenated alkanes) is 1. The predicted molar refractivity (Wildman–Crippen MR) is 110 cm³/mol. The van der Waals surface area contributed by atoms with Gasteiger partial charge in [0.1, 0.15) is 0 Å². The Morgan fingerprint density at radius 2 is 1.92 bits per heavy atom. The third-order valence-electron chi connectivity index (χ3n) is 5.37. The molecule has 0 fully saturated rings. The minimum absolute atomic E-state index is 0.650. The highest BCUT2D eigenvalue weighted by atomic mass is 15.1. The van der Waals surface area contributed by atoms with Gasteiger partial charge in [-0.05, 0) is 49.3 Å². The average Bonchev–Trinajstić information content (AvgIpc) is 2.59. The smallest absolute Gasteiger partial charge is 0.0446 e. The van der Waals surface area contributed by atoms with Crippen LogP contribution in [-0.2, 0) is 0 Å². The molecule has 1 N–H and O–H groups in total. The largest absolute Gasteiger partial charge is 0.391 e. The molecule has 2 nitrogen and oxygen atoms in total. The van der Waals surface area contributed by atoms with Gasteiger partial charge < -0.3 is 10.2 Å². The molecule has 0 amide bonds. The maximum absolute atomic E-state index is 4.37. The van der Waals surface area contributed by atoms with Crippen LogP contribution >= 0.6 is 0 Å². The molecule has 0 saturated heterocycles. The zero-order valence-electron chi connectivity index (χ0n) is 16.7. The van der Waals surface area contributed by atoms with Crippen LogP contribution in [0.1, 0.15) is 65.7 Å². The van der Waals surface area contributed by atoms with Crippen molar-refractivity contribution in [3.63, 3.8) is 0 Å². The van der Waals surface area contributed by atoms with Gasteiger partial charge >= 0.3 is 0 Å². The summed E-state index contributed by atoms with van der Waals surface area (Å²) in [4.78, 5) is 2.37. The lowest BCUT2D eigenvalue weighted by Crippen LogP contribution is -2.28. The number of hydrogen-bond acceptors (Lipinski definition) is 2. The van der Waals surface area contributed by atoms with Crippen molar-refractivity contribution < 1.29 is 0 Å². The Kier molecular flexibility index (Phi) is 7.61. The first kappa shape index (κ1) is 19.6. The first-order chi connectivity index (χ1) is 12.2. The molecule has 138 valence electrons. The fourth-order valence-corrected chi connectivity index (χ4v) is 4.00. The third-order valence-corrected chi connectivity index (χ3v) is 5.37. The predicted octanol–water partition coefficient (Wildman–Crippen LogP) is 6.08. The van der Waals surface area contributed by atoms with Crippen molar-refractivity contribution >= 4 is 0 Å². The van der Waals surface area contributed by atoms with Gasteiger partial charge in [-0.3, -0.25) is 0 Å². The minimum Gasteiger partial charge on any atom is -0.391 e. The standard InChI is InChI=1S/C23H36N2/c1-6-9-12-19(11-7-2)22-17-18(4)25(8-3)23-14-10-13-20(24-5)15-16-21(22)23/h13-14,16-17,19,24H,4,6-12,15H2,1-3,5H3/b20-13+,21-16-,23-14+. The summed E-state index contributed by atoms with van der Waals surface area (Å²) in [6.45, 7) is 12.2. The number of nitrogens with one attached hydrogen (secondary N) is 1. The third kappa shape index (κ3) is 4.68. The summed E-state index contributed by atoms with van der Waals surface area (Å²) in [6, 6.07) is 0. The van der Waals surface area contributed by atoms with E-state index < -0.39 is 0 Å². The molecule has 0 aromatic rings. The van der Waals surface area contributed by atoms with E-state index in [4.69, 9.17) is 0 Å². The SMILES string of the molecule is C=C1C=C(C(CCC)CCCC)C2=C/C/C(NC)=C\C/C=C\2N1CC. The van der Waals surface area contributed by atoms with E-state index in [0.29, 0.717) is 5.92 Å². The summed E-state index contributed by atoms with van der Waals surface area (Å²) in [5, 5.41) is 3.34. The molecule has 0 aromatic heterocycles. The van der Waals surface area contributed by atoms with Crippen LogP contribution in [0.5, 0.6) is 0 Å². The van der Waals surface area contributed by atoms with E-state index in [1.165, 1.54) is 54.6 Å². The Balaban J connectivity index is 2.46. The molecule has 0 aromatic carbocycles. The zero-order valence-corrected chi connectivity index (χ0v) is 16.7. The Labute approximate surface area is 155 Å². The fraction of sp³-hybridized carbons (Fsp3) is 0.565. The summed E-state index contributed by atoms with van der Waals surface area (Å²) >= 11 is 0. The monoisotopic (exact) mass is 340 g/mol. The Morgan fingerprint density at radius 3 is 2.56 bits per heavy atom. The number of rotatable bonds is 8. The van der Waals surface area contributed by atoms with Crippen LogP contribution in [0.3, 0.4) is 0 Å². The van der Waals surface area contributed by atoms with Crippen LogP contribution in [0.25, 0.3) is 0 Å². The summed E-state index contributed by atoms with van der Waals surface area (Å²) in [5.74, 6) is 0.650. The van der Waals surface area contributed by atoms with Crippen molar-refractivity contribution in [1.82, 2.24) is 10.2 Å². The number of hydrogen-bond donors (Lipinski definition) is 1. The van der Waals surface area contributed by atoms with Crippen LogP contribution < -0.4 is 5.32 Å². The Hall–Kier alpha value is -1.70. The lowest BCUT2D eigenvalue weighted by Gasteiger charge is -2.37. The molecule has 0 spiro atoms. The van der Waals surface area contributed by atoms with Gasteiger partial charge in [0, 0.05) is 37.1 Å². The normalized spacial score (nSPS) is 25.3. The summed E-state index contributed by atoms with van der Waals surface area (Å²) in [5.41, 5.74) is 6.80. The molecule has 2 aliphatic rings. The maximum Gasteiger partial charge on any atom is 0.0446 e. The average molecular weight is 341 g/mol. The maximum atomic E-state index is 4.37. The molecule has 0 radical (unpaired) electrons. The van der Waals surface area contributed by atoms with Crippen LogP contribution in [0.2, 0.25) is 0 Å². The molecule has 1 atom stereocenters. The van der Waals surface area contributed by atoms with Gasteiger partial charge in [0.2, 0.25) is 0 Å². The van der Waals surface area contributed by atoms with Crippen molar-refractivity contribution in [2.75, 3.05) is 13.6 Å². The molecule has 25 heavy (non-hydrogen) atoms. The highest BCUT2D eigenvalue weighted by Crippen LogP contribution is 2.40. The van der Waals surface area contributed by atoms with Crippen LogP contribution in [-0.4, -0.2) is 18.5 Å². The highest BCUT2D eigenvalue weighted by Gasteiger charge is 2.27. The van der Waals surface area contributed by atoms with E-state index in [1.807, 2.05) is 7.05 Å². The molecule has 2 heteroatoms. The highest BCUT2D eigenvalue weighted by molar-refractivity contribution is 5.55. The second kappa shape index (κ2) is 9.70. The van der Waals surface area contributed by atoms with Crippen molar-refractivity contribution in [3.8, 4) is 0 Å². The summed E-state index contributed by atoms with van der Waals surface area (Å²) < 4.78 is 0. The van der Waals surface area contributed by atoms with Crippen LogP contribution in [0, 0.1) is 5.92 Å². The molecule has 1 unspecified atom stereocenters. The number of fused-ring (bicyclic) bond motifs is 1. The van der Waals surface area contributed by atoms with Crippen molar-refractivity contribution in [3.05, 3.63) is 59.1 Å². The zero-order chi connectivity index (χ0) is 18.2. The number of likely N-dealkylation sites (N-methyl/N-ethyl adjacent to an activating group) is 1. The molecular weight excluding hydrogens is 304 g/mol. The van der Waals surface area contributed by atoms with E-state index in [1.54, 1.807) is 0 Å². The molecule has 1 aliphatic heterocycles. The quantitative estimate of drug-likeness (QED) is 0.576. The first-order valence-electron chi connectivity index (χ1n) is 10.1. The van der Waals surface area contributed by atoms with Crippen LogP contribution in [0.4, 0.5) is 0 Å². The van der Waals surface area contributed by atoms with Gasteiger partial charge in [-0.25, -0.2) is 0 Å². The van der Waals surface area contributed by atoms with Gasteiger partial charge in [-0.15, -0.1) is 0 Å². The van der Waals surface area contributed by atoms with E-state index in [2.05, 4.69) is 61.9 Å². The van der Waals surface area contributed by atoms with Gasteiger partial charge in [-0.1, -0.05) is 57.9 Å². The van der Waals surface area contributed by atoms with E-state index in [9.17, 15) is 0 Å². The van der Waals surface area contributed by atoms with Crippen molar-refractivity contribution in [2.24, 2.45) is 5.92 Å². The molecule has 1 aliphatic carbocycles. The van der Waals surface area contributed by atoms with Crippen LogP contribution in [0.15, 0.2) is 59.1 Å². The molecule has 2 rings (SSSR count). The fourth-order valence-electron chi connectivity index (χ4n) is 4.00. The second-order valence-corrected chi connectivity index (χ2v) is 7.09. The lowest BCUT2D eigenvalue weighted by atomic mass is 9.80. The van der Waals surface area contributed by atoms with E-state index in [0.717, 1.165) is 25.1 Å². The number of allylic oxidation sites excluding steroid dienone is 5. The molecule has 1 heterocycles. The Morgan fingerprint density at radius 1 is 1.12 bits per heavy atom. The van der Waals surface area contributed by atoms with Gasteiger partial charge in [-0.2, -0.15) is 0 Å². The molecular formula is C23H36N2. The van der Waals surface area contributed by atoms with Crippen molar-refractivity contribution in [2.45, 2.75) is 65.7 Å². The number of nitrogens with zero attached hydrogens (tertiary/aromatic N) is 1. The lowest BCUT2D eigenvalue weighted by molar-refractivity contribution is 0.439. The van der Waals surface area contributed by atoms with Gasteiger partial charge in [0.05, 0.1) is 0 Å². The first-order valence-corrected chi connectivity index (χ1v) is 10.1. The summed E-state index contributed by atoms with van der Waals surface area (Å²) in [6.07, 6.45) is 17.8. The van der Waals surface area contributed by atoms with Gasteiger partial charge in [0.25, 0.3) is 0 Å². The second-order valence-electron chi connectivity index (χ2n) is 7.09. The van der Waals surface area contributed by atoms with E-state index >= 15 is 0 Å². The van der Waals surface area contributed by atoms with E-state index in [-0.39, 0.29) is 0 Å². The molecule has 0 bridgehead atoms.